The monoisotopic (exact) mass is 254 g/mol. The summed E-state index contributed by atoms with van der Waals surface area (Å²) in [5.41, 5.74) is -0.279. The second kappa shape index (κ2) is 3.67. The van der Waals surface area contributed by atoms with Gasteiger partial charge in [-0.05, 0) is 13.0 Å². The van der Waals surface area contributed by atoms with E-state index in [-0.39, 0.29) is 10.0 Å². The van der Waals surface area contributed by atoms with Crippen LogP contribution < -0.4 is 0 Å². The van der Waals surface area contributed by atoms with Crippen molar-refractivity contribution in [3.8, 4) is 0 Å². The summed E-state index contributed by atoms with van der Waals surface area (Å²) in [5, 5.41) is 9.04. The van der Waals surface area contributed by atoms with Crippen LogP contribution in [0.4, 0.5) is 13.2 Å². The molecule has 0 aliphatic carbocycles. The lowest BCUT2D eigenvalue weighted by Gasteiger charge is -2.09. The molecule has 1 nitrogen and oxygen atoms in total. The molecule has 0 saturated carbocycles. The molecule has 1 unspecified atom stereocenters. The fourth-order valence-corrected chi connectivity index (χ4v) is 1.67. The van der Waals surface area contributed by atoms with Crippen molar-refractivity contribution >= 4 is 15.9 Å². The van der Waals surface area contributed by atoms with Gasteiger partial charge < -0.3 is 5.11 Å². The Morgan fingerprint density at radius 3 is 2.31 bits per heavy atom. The minimum absolute atomic E-state index is 0.0129. The van der Waals surface area contributed by atoms with Gasteiger partial charge in [-0.15, -0.1) is 0 Å². The van der Waals surface area contributed by atoms with Crippen molar-refractivity contribution in [2.24, 2.45) is 0 Å². The predicted octanol–water partition coefficient (Wildman–Crippen LogP) is 2.92. The first-order valence-electron chi connectivity index (χ1n) is 3.46. The highest BCUT2D eigenvalue weighted by Crippen LogP contribution is 2.29. The highest BCUT2D eigenvalue weighted by molar-refractivity contribution is 9.10. The molecule has 0 aromatic heterocycles. The second-order valence-corrected chi connectivity index (χ2v) is 3.41. The standard InChI is InChI=1S/C8H6BrF3O/c1-3(13)6-4(9)2-5(10)7(11)8(6)12/h2-3,13H,1H3. The van der Waals surface area contributed by atoms with E-state index in [0.29, 0.717) is 0 Å². The first-order chi connectivity index (χ1) is 5.95. The summed E-state index contributed by atoms with van der Waals surface area (Å²) in [7, 11) is 0. The van der Waals surface area contributed by atoms with Crippen LogP contribution in [0, 0.1) is 17.5 Å². The van der Waals surface area contributed by atoms with Gasteiger partial charge in [0.1, 0.15) is 0 Å². The van der Waals surface area contributed by atoms with Crippen molar-refractivity contribution in [2.75, 3.05) is 0 Å². The van der Waals surface area contributed by atoms with E-state index >= 15 is 0 Å². The Hall–Kier alpha value is -0.550. The largest absolute Gasteiger partial charge is 0.389 e. The van der Waals surface area contributed by atoms with E-state index in [2.05, 4.69) is 15.9 Å². The van der Waals surface area contributed by atoms with Gasteiger partial charge in [0.2, 0.25) is 0 Å². The number of benzene rings is 1. The Kier molecular flexibility index (Phi) is 2.98. The lowest BCUT2D eigenvalue weighted by molar-refractivity contribution is 0.191. The predicted molar refractivity (Wildman–Crippen MR) is 44.6 cm³/mol. The van der Waals surface area contributed by atoms with Crippen molar-refractivity contribution in [1.82, 2.24) is 0 Å². The van der Waals surface area contributed by atoms with Crippen LogP contribution in [-0.4, -0.2) is 5.11 Å². The van der Waals surface area contributed by atoms with Gasteiger partial charge in [-0.1, -0.05) is 15.9 Å². The normalized spacial score (nSPS) is 13.1. The minimum Gasteiger partial charge on any atom is -0.389 e. The molecular weight excluding hydrogens is 249 g/mol. The zero-order valence-electron chi connectivity index (χ0n) is 6.61. The van der Waals surface area contributed by atoms with Gasteiger partial charge in [0.25, 0.3) is 0 Å². The van der Waals surface area contributed by atoms with Crippen LogP contribution in [-0.2, 0) is 0 Å². The molecule has 0 radical (unpaired) electrons. The van der Waals surface area contributed by atoms with Crippen LogP contribution in [0.5, 0.6) is 0 Å². The van der Waals surface area contributed by atoms with Crippen molar-refractivity contribution < 1.29 is 18.3 Å². The van der Waals surface area contributed by atoms with Crippen LogP contribution in [0.25, 0.3) is 0 Å². The summed E-state index contributed by atoms with van der Waals surface area (Å²) in [5.74, 6) is -4.21. The molecule has 0 spiro atoms. The maximum absolute atomic E-state index is 13.0. The van der Waals surface area contributed by atoms with E-state index < -0.39 is 23.6 Å². The molecule has 1 rings (SSSR count). The molecule has 0 aliphatic heterocycles. The third-order valence-corrected chi connectivity index (χ3v) is 2.22. The summed E-state index contributed by atoms with van der Waals surface area (Å²) in [4.78, 5) is 0. The van der Waals surface area contributed by atoms with Gasteiger partial charge in [-0.2, -0.15) is 0 Å². The van der Waals surface area contributed by atoms with Crippen molar-refractivity contribution in [2.45, 2.75) is 13.0 Å². The molecule has 0 aliphatic rings. The van der Waals surface area contributed by atoms with Crippen LogP contribution in [0.15, 0.2) is 10.5 Å². The lowest BCUT2D eigenvalue weighted by Crippen LogP contribution is -2.02. The molecule has 0 fully saturated rings. The van der Waals surface area contributed by atoms with Crippen molar-refractivity contribution in [3.05, 3.63) is 33.6 Å². The van der Waals surface area contributed by atoms with Crippen LogP contribution in [0.2, 0.25) is 0 Å². The molecule has 1 atom stereocenters. The van der Waals surface area contributed by atoms with Gasteiger partial charge in [0.05, 0.1) is 6.10 Å². The second-order valence-electron chi connectivity index (χ2n) is 2.56. The van der Waals surface area contributed by atoms with Gasteiger partial charge in [0, 0.05) is 10.0 Å². The summed E-state index contributed by atoms with van der Waals surface area (Å²) in [6.07, 6.45) is -1.19. The van der Waals surface area contributed by atoms with Crippen molar-refractivity contribution in [1.29, 1.82) is 0 Å². The van der Waals surface area contributed by atoms with Gasteiger partial charge in [-0.25, -0.2) is 13.2 Å². The number of aliphatic hydroxyl groups is 1. The fraction of sp³-hybridized carbons (Fsp3) is 0.250. The molecule has 1 aromatic carbocycles. The van der Waals surface area contributed by atoms with E-state index in [0.717, 1.165) is 6.07 Å². The Morgan fingerprint density at radius 1 is 1.31 bits per heavy atom. The number of rotatable bonds is 1. The molecule has 1 N–H and O–H groups in total. The molecule has 0 saturated heterocycles. The molecule has 0 bridgehead atoms. The maximum atomic E-state index is 13.0. The summed E-state index contributed by atoms with van der Waals surface area (Å²) < 4.78 is 38.2. The Morgan fingerprint density at radius 2 is 1.85 bits per heavy atom. The average Bonchev–Trinajstić information content (AvgIpc) is 1.99. The highest BCUT2D eigenvalue weighted by atomic mass is 79.9. The van der Waals surface area contributed by atoms with Gasteiger partial charge >= 0.3 is 0 Å². The number of aliphatic hydroxyl groups excluding tert-OH is 1. The molecule has 0 heterocycles. The fourth-order valence-electron chi connectivity index (χ4n) is 0.963. The van der Waals surface area contributed by atoms with E-state index in [1.54, 1.807) is 0 Å². The van der Waals surface area contributed by atoms with Crippen LogP contribution >= 0.6 is 15.9 Å². The zero-order chi connectivity index (χ0) is 10.2. The van der Waals surface area contributed by atoms with E-state index in [9.17, 15) is 13.2 Å². The summed E-state index contributed by atoms with van der Waals surface area (Å²) in [6, 6.07) is 0.778. The molecule has 5 heteroatoms. The van der Waals surface area contributed by atoms with E-state index in [1.807, 2.05) is 0 Å². The average molecular weight is 255 g/mol. The zero-order valence-corrected chi connectivity index (χ0v) is 8.20. The Balaban J connectivity index is 3.44. The SMILES string of the molecule is CC(O)c1c(Br)cc(F)c(F)c1F. The third-order valence-electron chi connectivity index (χ3n) is 1.57. The number of hydrogen-bond acceptors (Lipinski definition) is 1. The quantitative estimate of drug-likeness (QED) is 0.604. The molecular formula is C8H6BrF3O. The molecule has 0 amide bonds. The molecule has 13 heavy (non-hydrogen) atoms. The molecule has 1 aromatic rings. The Labute approximate surface area is 81.3 Å². The topological polar surface area (TPSA) is 20.2 Å². The highest BCUT2D eigenvalue weighted by Gasteiger charge is 2.20. The first kappa shape index (κ1) is 10.5. The number of hydrogen-bond donors (Lipinski definition) is 1. The van der Waals surface area contributed by atoms with E-state index in [4.69, 9.17) is 5.11 Å². The van der Waals surface area contributed by atoms with Crippen molar-refractivity contribution in [3.63, 3.8) is 0 Å². The van der Waals surface area contributed by atoms with Gasteiger partial charge in [-0.3, -0.25) is 0 Å². The van der Waals surface area contributed by atoms with Gasteiger partial charge in [0.15, 0.2) is 17.5 Å². The maximum Gasteiger partial charge on any atom is 0.194 e. The summed E-state index contributed by atoms with van der Waals surface area (Å²) in [6.45, 7) is 1.26. The lowest BCUT2D eigenvalue weighted by atomic mass is 10.1. The number of halogens is 4. The minimum atomic E-state index is -1.57. The van der Waals surface area contributed by atoms with Crippen LogP contribution in [0.3, 0.4) is 0 Å². The third kappa shape index (κ3) is 1.86. The smallest absolute Gasteiger partial charge is 0.194 e. The molecule has 72 valence electrons. The van der Waals surface area contributed by atoms with Crippen LogP contribution in [0.1, 0.15) is 18.6 Å². The van der Waals surface area contributed by atoms with E-state index in [1.165, 1.54) is 6.92 Å². The first-order valence-corrected chi connectivity index (χ1v) is 4.25. The summed E-state index contributed by atoms with van der Waals surface area (Å²) >= 11 is 2.83. The Bertz CT molecular complexity index is 339.